The molecule has 1 saturated carbocycles. The van der Waals surface area contributed by atoms with E-state index in [1.807, 2.05) is 30.3 Å². The number of nitrogens with two attached hydrogens (primary N) is 1. The summed E-state index contributed by atoms with van der Waals surface area (Å²) >= 11 is 1.55. The number of benzene rings is 2. The Bertz CT molecular complexity index is 1330. The first-order chi connectivity index (χ1) is 15.0. The van der Waals surface area contributed by atoms with E-state index < -0.39 is 5.66 Å². The summed E-state index contributed by atoms with van der Waals surface area (Å²) in [5, 5.41) is 20.7. The van der Waals surface area contributed by atoms with Gasteiger partial charge in [0.2, 0.25) is 17.7 Å². The third kappa shape index (κ3) is 4.30. The van der Waals surface area contributed by atoms with Gasteiger partial charge in [0, 0.05) is 0 Å². The molecule has 2 aromatic heterocycles. The molecule has 0 aliphatic heterocycles. The van der Waals surface area contributed by atoms with Crippen molar-refractivity contribution in [3.05, 3.63) is 64.8 Å². The largest absolute Gasteiger partial charge is 0.424 e. The second kappa shape index (κ2) is 7.58. The number of nitrogens with zero attached hydrogens (tertiary/aromatic N) is 4. The average molecular weight is 430 g/mol. The van der Waals surface area contributed by atoms with Crippen LogP contribution in [0.25, 0.3) is 21.3 Å². The smallest absolute Gasteiger partial charge is 0.230 e. The van der Waals surface area contributed by atoms with Crippen molar-refractivity contribution >= 4 is 27.5 Å². The van der Waals surface area contributed by atoms with E-state index in [1.165, 1.54) is 0 Å². The van der Waals surface area contributed by atoms with Crippen molar-refractivity contribution in [2.75, 3.05) is 0 Å². The molecule has 9 heteroatoms. The standard InChI is InChI=1S/C22H18N6O2S/c23-12-13-2-1-3-14(8-13)15-4-5-16-17(9-15)31-21(25-16)11-20-28-27-19(30-20)10-18(29)26-22(24)6-7-22/h1-5,8-9H,6-7,10-11,24H2,(H,26,29). The summed E-state index contributed by atoms with van der Waals surface area (Å²) in [6, 6.07) is 15.7. The van der Waals surface area contributed by atoms with E-state index in [0.717, 1.165) is 39.2 Å². The van der Waals surface area contributed by atoms with Crippen molar-refractivity contribution in [1.29, 1.82) is 5.26 Å². The van der Waals surface area contributed by atoms with Crippen LogP contribution in [-0.2, 0) is 17.6 Å². The van der Waals surface area contributed by atoms with E-state index in [1.54, 1.807) is 17.4 Å². The predicted octanol–water partition coefficient (Wildman–Crippen LogP) is 2.92. The number of rotatable bonds is 6. The Balaban J connectivity index is 1.30. The molecule has 0 bridgehead atoms. The van der Waals surface area contributed by atoms with Gasteiger partial charge in [-0.1, -0.05) is 18.2 Å². The Morgan fingerprint density at radius 2 is 2.00 bits per heavy atom. The van der Waals surface area contributed by atoms with Crippen LogP contribution >= 0.6 is 11.3 Å². The van der Waals surface area contributed by atoms with Crippen LogP contribution in [0.15, 0.2) is 46.9 Å². The zero-order valence-corrected chi connectivity index (χ0v) is 17.3. The van der Waals surface area contributed by atoms with Gasteiger partial charge >= 0.3 is 0 Å². The minimum Gasteiger partial charge on any atom is -0.424 e. The highest BCUT2D eigenvalue weighted by molar-refractivity contribution is 7.18. The van der Waals surface area contributed by atoms with Crippen molar-refractivity contribution in [3.63, 3.8) is 0 Å². The molecule has 2 aromatic carbocycles. The second-order valence-electron chi connectivity index (χ2n) is 7.63. The zero-order chi connectivity index (χ0) is 21.4. The first kappa shape index (κ1) is 19.4. The molecule has 0 atom stereocenters. The lowest BCUT2D eigenvalue weighted by Gasteiger charge is -2.09. The zero-order valence-electron chi connectivity index (χ0n) is 16.5. The summed E-state index contributed by atoms with van der Waals surface area (Å²) in [6.45, 7) is 0. The maximum absolute atomic E-state index is 12.0. The van der Waals surface area contributed by atoms with Crippen molar-refractivity contribution < 1.29 is 9.21 Å². The van der Waals surface area contributed by atoms with Gasteiger partial charge in [-0.25, -0.2) is 4.98 Å². The van der Waals surface area contributed by atoms with Crippen LogP contribution in [0.4, 0.5) is 0 Å². The summed E-state index contributed by atoms with van der Waals surface area (Å²) in [6.07, 6.45) is 1.98. The molecule has 5 rings (SSSR count). The molecule has 0 radical (unpaired) electrons. The van der Waals surface area contributed by atoms with E-state index in [9.17, 15) is 4.79 Å². The van der Waals surface area contributed by atoms with E-state index in [4.69, 9.17) is 15.4 Å². The van der Waals surface area contributed by atoms with Crippen molar-refractivity contribution in [3.8, 4) is 17.2 Å². The number of nitriles is 1. The third-order valence-corrected chi connectivity index (χ3v) is 6.08. The second-order valence-corrected chi connectivity index (χ2v) is 8.75. The normalized spacial score (nSPS) is 14.3. The Kier molecular flexibility index (Phi) is 4.73. The van der Waals surface area contributed by atoms with Gasteiger partial charge in [-0.15, -0.1) is 21.5 Å². The van der Waals surface area contributed by atoms with Crippen LogP contribution in [0, 0.1) is 11.3 Å². The van der Waals surface area contributed by atoms with Crippen LogP contribution in [0.2, 0.25) is 0 Å². The lowest BCUT2D eigenvalue weighted by atomic mass is 10.0. The molecule has 3 N–H and O–H groups in total. The number of hydrogen-bond donors (Lipinski definition) is 2. The fraction of sp³-hybridized carbons (Fsp3) is 0.227. The number of aromatic nitrogens is 3. The molecule has 8 nitrogen and oxygen atoms in total. The number of fused-ring (bicyclic) bond motifs is 1. The summed E-state index contributed by atoms with van der Waals surface area (Å²) < 4.78 is 6.65. The highest BCUT2D eigenvalue weighted by Gasteiger charge is 2.39. The van der Waals surface area contributed by atoms with Gasteiger partial charge < -0.3 is 15.5 Å². The first-order valence-corrected chi connectivity index (χ1v) is 10.6. The van der Waals surface area contributed by atoms with Crippen LogP contribution in [0.5, 0.6) is 0 Å². The summed E-state index contributed by atoms with van der Waals surface area (Å²) in [4.78, 5) is 16.6. The van der Waals surface area contributed by atoms with Gasteiger partial charge in [0.15, 0.2) is 0 Å². The average Bonchev–Trinajstić information content (AvgIpc) is 3.13. The van der Waals surface area contributed by atoms with E-state index in [0.29, 0.717) is 17.9 Å². The lowest BCUT2D eigenvalue weighted by Crippen LogP contribution is -2.44. The molecule has 1 amide bonds. The Morgan fingerprint density at radius 1 is 1.19 bits per heavy atom. The molecular formula is C22H18N6O2S. The van der Waals surface area contributed by atoms with Crippen LogP contribution in [0.3, 0.4) is 0 Å². The van der Waals surface area contributed by atoms with Crippen LogP contribution < -0.4 is 11.1 Å². The molecule has 0 unspecified atom stereocenters. The first-order valence-electron chi connectivity index (χ1n) is 9.81. The Hall–Kier alpha value is -3.61. The maximum atomic E-state index is 12.0. The summed E-state index contributed by atoms with van der Waals surface area (Å²) in [5.74, 6) is 0.457. The SMILES string of the molecule is N#Cc1cccc(-c2ccc3nc(Cc4nnc(CC(=O)NC5(N)CC5)o4)sc3c2)c1. The number of thiazole rings is 1. The topological polar surface area (TPSA) is 131 Å². The van der Waals surface area contributed by atoms with Gasteiger partial charge in [0.1, 0.15) is 11.4 Å². The molecule has 154 valence electrons. The van der Waals surface area contributed by atoms with Gasteiger partial charge in [-0.05, 0) is 48.2 Å². The fourth-order valence-electron chi connectivity index (χ4n) is 3.28. The minimum absolute atomic E-state index is 0.0108. The van der Waals surface area contributed by atoms with Crippen LogP contribution in [0.1, 0.15) is 35.2 Å². The molecule has 1 fully saturated rings. The third-order valence-electron chi connectivity index (χ3n) is 5.06. The number of carbonyl (C=O) groups excluding carboxylic acids is 1. The van der Waals surface area contributed by atoms with Crippen molar-refractivity contribution in [2.24, 2.45) is 5.73 Å². The number of carbonyl (C=O) groups is 1. The fourth-order valence-corrected chi connectivity index (χ4v) is 4.27. The quantitative estimate of drug-likeness (QED) is 0.450. The molecule has 0 saturated heterocycles. The van der Waals surface area contributed by atoms with Gasteiger partial charge in [0.25, 0.3) is 0 Å². The monoisotopic (exact) mass is 430 g/mol. The van der Waals surface area contributed by atoms with Gasteiger partial charge in [-0.3, -0.25) is 4.79 Å². The highest BCUT2D eigenvalue weighted by atomic mass is 32.1. The Morgan fingerprint density at radius 3 is 2.81 bits per heavy atom. The van der Waals surface area contributed by atoms with Crippen molar-refractivity contribution in [2.45, 2.75) is 31.3 Å². The molecule has 4 aromatic rings. The summed E-state index contributed by atoms with van der Waals surface area (Å²) in [5.41, 5.74) is 8.86. The predicted molar refractivity (Wildman–Crippen MR) is 115 cm³/mol. The number of hydrogen-bond acceptors (Lipinski definition) is 8. The summed E-state index contributed by atoms with van der Waals surface area (Å²) in [7, 11) is 0. The minimum atomic E-state index is -0.560. The van der Waals surface area contributed by atoms with E-state index in [-0.39, 0.29) is 18.2 Å². The maximum Gasteiger partial charge on any atom is 0.230 e. The van der Waals surface area contributed by atoms with E-state index >= 15 is 0 Å². The van der Waals surface area contributed by atoms with Crippen LogP contribution in [-0.4, -0.2) is 26.8 Å². The molecule has 1 aliphatic carbocycles. The molecule has 1 aliphatic rings. The molecule has 0 spiro atoms. The van der Waals surface area contributed by atoms with Gasteiger partial charge in [0.05, 0.1) is 33.9 Å². The van der Waals surface area contributed by atoms with Crippen molar-refractivity contribution in [1.82, 2.24) is 20.5 Å². The molecule has 31 heavy (non-hydrogen) atoms. The highest BCUT2D eigenvalue weighted by Crippen LogP contribution is 2.30. The number of amides is 1. The van der Waals surface area contributed by atoms with E-state index in [2.05, 4.69) is 32.6 Å². The van der Waals surface area contributed by atoms with Gasteiger partial charge in [-0.2, -0.15) is 5.26 Å². The molecule has 2 heterocycles. The lowest BCUT2D eigenvalue weighted by molar-refractivity contribution is -0.121. The number of nitrogens with one attached hydrogen (secondary N) is 1. The molecular weight excluding hydrogens is 412 g/mol. The Labute approximate surface area is 181 Å².